The van der Waals surface area contributed by atoms with Gasteiger partial charge in [-0.05, 0) is 47.2 Å². The van der Waals surface area contributed by atoms with E-state index in [1.165, 1.54) is 23.1 Å². The summed E-state index contributed by atoms with van der Waals surface area (Å²) in [7, 11) is 0. The van der Waals surface area contributed by atoms with Crippen LogP contribution in [0.4, 0.5) is 0 Å². The van der Waals surface area contributed by atoms with Gasteiger partial charge in [-0.25, -0.2) is 4.68 Å². The summed E-state index contributed by atoms with van der Waals surface area (Å²) in [6, 6.07) is 11.8. The summed E-state index contributed by atoms with van der Waals surface area (Å²) in [5, 5.41) is 21.0. The molecule has 0 saturated carbocycles. The maximum Gasteiger partial charge on any atom is 0.200 e. The van der Waals surface area contributed by atoms with Gasteiger partial charge < -0.3 is 9.52 Å². The van der Waals surface area contributed by atoms with Gasteiger partial charge in [-0.2, -0.15) is 0 Å². The second-order valence-corrected chi connectivity index (χ2v) is 5.34. The summed E-state index contributed by atoms with van der Waals surface area (Å²) < 4.78 is 7.24. The molecule has 7 heteroatoms. The molecule has 2 aromatic heterocycles. The van der Waals surface area contributed by atoms with Crippen molar-refractivity contribution in [2.75, 3.05) is 0 Å². The summed E-state index contributed by atoms with van der Waals surface area (Å²) in [5.74, 6) is 0.553. The Balaban J connectivity index is 1.87. The number of nitrogens with zero attached hydrogens (tertiary/aromatic N) is 4. The molecule has 0 aliphatic carbocycles. The third kappa shape index (κ3) is 2.23. The van der Waals surface area contributed by atoms with Gasteiger partial charge in [-0.3, -0.25) is 4.79 Å². The van der Waals surface area contributed by atoms with E-state index in [0.717, 1.165) is 11.3 Å². The lowest BCUT2D eigenvalue weighted by Gasteiger charge is -2.08. The minimum absolute atomic E-state index is 0.0589. The van der Waals surface area contributed by atoms with E-state index in [-0.39, 0.29) is 11.2 Å². The predicted octanol–water partition coefficient (Wildman–Crippen LogP) is 2.45. The van der Waals surface area contributed by atoms with Gasteiger partial charge in [0.1, 0.15) is 23.4 Å². The van der Waals surface area contributed by atoms with Crippen molar-refractivity contribution in [3.05, 3.63) is 64.8 Å². The number of rotatable bonds is 2. The lowest BCUT2D eigenvalue weighted by molar-refractivity contribution is 0.473. The fraction of sp³-hybridized carbons (Fsp3) is 0.0588. The van der Waals surface area contributed by atoms with Crippen LogP contribution in [0.15, 0.2) is 58.0 Å². The van der Waals surface area contributed by atoms with Crippen LogP contribution < -0.4 is 5.43 Å². The summed E-state index contributed by atoms with van der Waals surface area (Å²) in [4.78, 5) is 12.8. The minimum Gasteiger partial charge on any atom is -0.508 e. The largest absolute Gasteiger partial charge is 0.508 e. The zero-order valence-corrected chi connectivity index (χ0v) is 12.7. The quantitative estimate of drug-likeness (QED) is 0.609. The molecule has 118 valence electrons. The van der Waals surface area contributed by atoms with Crippen molar-refractivity contribution in [3.8, 4) is 22.6 Å². The highest BCUT2D eigenvalue weighted by Crippen LogP contribution is 2.26. The lowest BCUT2D eigenvalue weighted by Crippen LogP contribution is -2.07. The molecule has 4 rings (SSSR count). The third-order valence-corrected chi connectivity index (χ3v) is 3.82. The van der Waals surface area contributed by atoms with E-state index < -0.39 is 0 Å². The number of hydrogen-bond acceptors (Lipinski definition) is 6. The number of hydrogen-bond donors (Lipinski definition) is 1. The maximum absolute atomic E-state index is 12.8. The molecule has 0 unspecified atom stereocenters. The molecule has 0 amide bonds. The molecule has 0 aliphatic rings. The molecule has 0 radical (unpaired) electrons. The number of tetrazole rings is 1. The Kier molecular flexibility index (Phi) is 3.13. The highest BCUT2D eigenvalue weighted by Gasteiger charge is 2.14. The van der Waals surface area contributed by atoms with Crippen LogP contribution in [-0.2, 0) is 0 Å². The first-order chi connectivity index (χ1) is 11.6. The molecule has 4 aromatic rings. The summed E-state index contributed by atoms with van der Waals surface area (Å²) in [6.07, 6.45) is 1.50. The maximum atomic E-state index is 12.8. The molecular weight excluding hydrogens is 308 g/mol. The zero-order valence-electron chi connectivity index (χ0n) is 12.7. The summed E-state index contributed by atoms with van der Waals surface area (Å²) in [6.45, 7) is 1.73. The number of fused-ring (bicyclic) bond motifs is 1. The number of aryl methyl sites for hydroxylation is 1. The molecule has 0 aliphatic heterocycles. The van der Waals surface area contributed by atoms with Crippen LogP contribution in [0.25, 0.3) is 27.8 Å². The molecular formula is C17H12N4O3. The normalized spacial score (nSPS) is 11.0. The van der Waals surface area contributed by atoms with Gasteiger partial charge in [0.15, 0.2) is 0 Å². The van der Waals surface area contributed by atoms with Crippen LogP contribution in [0.2, 0.25) is 0 Å². The first-order valence-corrected chi connectivity index (χ1v) is 7.24. The number of benzene rings is 2. The summed E-state index contributed by atoms with van der Waals surface area (Å²) >= 11 is 0. The second-order valence-electron chi connectivity index (χ2n) is 5.34. The van der Waals surface area contributed by atoms with Crippen molar-refractivity contribution >= 4 is 11.0 Å². The Morgan fingerprint density at radius 1 is 1.12 bits per heavy atom. The van der Waals surface area contributed by atoms with E-state index in [4.69, 9.17) is 4.42 Å². The molecule has 0 spiro atoms. The zero-order chi connectivity index (χ0) is 16.7. The Morgan fingerprint density at radius 3 is 2.62 bits per heavy atom. The summed E-state index contributed by atoms with van der Waals surface area (Å²) in [5.41, 5.74) is 2.26. The first-order valence-electron chi connectivity index (χ1n) is 7.24. The van der Waals surface area contributed by atoms with Crippen LogP contribution in [0.5, 0.6) is 5.75 Å². The van der Waals surface area contributed by atoms with Crippen molar-refractivity contribution < 1.29 is 9.52 Å². The second kappa shape index (κ2) is 5.31. The molecule has 7 nitrogen and oxygen atoms in total. The third-order valence-electron chi connectivity index (χ3n) is 3.82. The van der Waals surface area contributed by atoms with Crippen molar-refractivity contribution in [2.24, 2.45) is 0 Å². The van der Waals surface area contributed by atoms with Crippen molar-refractivity contribution in [1.29, 1.82) is 0 Å². The minimum atomic E-state index is -0.135. The van der Waals surface area contributed by atoms with Crippen LogP contribution in [0.1, 0.15) is 5.76 Å². The van der Waals surface area contributed by atoms with Crippen LogP contribution in [0, 0.1) is 6.92 Å². The van der Waals surface area contributed by atoms with Crippen LogP contribution in [0.3, 0.4) is 0 Å². The van der Waals surface area contributed by atoms with Crippen molar-refractivity contribution in [1.82, 2.24) is 20.2 Å². The number of phenolic OH excluding ortho intramolecular Hbond substituents is 1. The molecule has 2 aromatic carbocycles. The Morgan fingerprint density at radius 2 is 1.92 bits per heavy atom. The van der Waals surface area contributed by atoms with Gasteiger partial charge in [0, 0.05) is 6.07 Å². The standard InChI is InChI=1S/C17H12N4O3/c1-10-16(17(23)14-7-6-13(22)8-15(14)24-10)11-2-4-12(5-3-11)21-9-18-19-20-21/h2-9,22H,1H3. The van der Waals surface area contributed by atoms with Gasteiger partial charge in [0.25, 0.3) is 0 Å². The van der Waals surface area contributed by atoms with Crippen LogP contribution >= 0.6 is 0 Å². The fourth-order valence-electron chi connectivity index (χ4n) is 2.69. The first kappa shape index (κ1) is 14.1. The monoisotopic (exact) mass is 320 g/mol. The smallest absolute Gasteiger partial charge is 0.200 e. The van der Waals surface area contributed by atoms with E-state index in [1.807, 2.05) is 24.3 Å². The van der Waals surface area contributed by atoms with E-state index >= 15 is 0 Å². The average Bonchev–Trinajstić information content (AvgIpc) is 3.09. The highest BCUT2D eigenvalue weighted by atomic mass is 16.3. The lowest BCUT2D eigenvalue weighted by atomic mass is 10.0. The van der Waals surface area contributed by atoms with Crippen molar-refractivity contribution in [2.45, 2.75) is 6.92 Å². The molecule has 0 fully saturated rings. The Labute approximate surface area is 135 Å². The number of phenols is 1. The number of aromatic hydroxyl groups is 1. The van der Waals surface area contributed by atoms with E-state index in [9.17, 15) is 9.90 Å². The van der Waals surface area contributed by atoms with Crippen LogP contribution in [-0.4, -0.2) is 25.3 Å². The van der Waals surface area contributed by atoms with Gasteiger partial charge in [0.05, 0.1) is 16.6 Å². The highest BCUT2D eigenvalue weighted by molar-refractivity contribution is 5.83. The number of aromatic nitrogens is 4. The van der Waals surface area contributed by atoms with E-state index in [1.54, 1.807) is 13.0 Å². The Hall–Kier alpha value is -3.48. The molecule has 0 saturated heterocycles. The topological polar surface area (TPSA) is 94.0 Å². The van der Waals surface area contributed by atoms with Gasteiger partial charge in [-0.1, -0.05) is 12.1 Å². The van der Waals surface area contributed by atoms with E-state index in [2.05, 4.69) is 15.5 Å². The van der Waals surface area contributed by atoms with Gasteiger partial charge in [-0.15, -0.1) is 5.10 Å². The van der Waals surface area contributed by atoms with Gasteiger partial charge >= 0.3 is 0 Å². The fourth-order valence-corrected chi connectivity index (χ4v) is 2.69. The van der Waals surface area contributed by atoms with E-state index in [0.29, 0.717) is 22.3 Å². The predicted molar refractivity (Wildman–Crippen MR) is 87.0 cm³/mol. The molecule has 0 atom stereocenters. The SMILES string of the molecule is Cc1oc2cc(O)ccc2c(=O)c1-c1ccc(-n2cnnn2)cc1. The van der Waals surface area contributed by atoms with Gasteiger partial charge in [0.2, 0.25) is 5.43 Å². The molecule has 24 heavy (non-hydrogen) atoms. The molecule has 1 N–H and O–H groups in total. The molecule has 0 bridgehead atoms. The molecule has 2 heterocycles. The van der Waals surface area contributed by atoms with Crippen molar-refractivity contribution in [3.63, 3.8) is 0 Å². The average molecular weight is 320 g/mol. The Bertz CT molecular complexity index is 1080.